The quantitative estimate of drug-likeness (QED) is 0.377. The van der Waals surface area contributed by atoms with Crippen LogP contribution in [0.15, 0.2) is 18.7 Å². The number of hydrogen-bond donors (Lipinski definition) is 0. The van der Waals surface area contributed by atoms with Gasteiger partial charge in [-0.2, -0.15) is 0 Å². The summed E-state index contributed by atoms with van der Waals surface area (Å²) in [5, 5.41) is 10.0. The number of aromatic carboxylic acids is 1. The van der Waals surface area contributed by atoms with Gasteiger partial charge in [0, 0.05) is 18.0 Å². The van der Waals surface area contributed by atoms with E-state index in [1.165, 1.54) is 18.7 Å². The van der Waals surface area contributed by atoms with Crippen molar-refractivity contribution in [1.82, 2.24) is 9.97 Å². The molecule has 1 heterocycles. The second-order valence-electron chi connectivity index (χ2n) is 1.41. The molecule has 0 aliphatic rings. The van der Waals surface area contributed by atoms with Gasteiger partial charge < -0.3 is 9.90 Å². The van der Waals surface area contributed by atoms with Gasteiger partial charge in [0.1, 0.15) is 6.33 Å². The molecule has 0 N–H and O–H groups in total. The molecule has 0 bridgehead atoms. The third kappa shape index (κ3) is 2.43. The van der Waals surface area contributed by atoms with Crippen LogP contribution in [-0.4, -0.2) is 15.9 Å². The number of carbonyl (C=O) groups is 1. The molecule has 0 atom stereocenters. The summed E-state index contributed by atoms with van der Waals surface area (Å²) in [6, 6.07) is 0. The van der Waals surface area contributed by atoms with E-state index in [0.29, 0.717) is 0 Å². The zero-order valence-corrected chi connectivity index (χ0v) is 7.44. The molecule has 1 aromatic rings. The number of aromatic nitrogens is 2. The van der Waals surface area contributed by atoms with Crippen LogP contribution < -0.4 is 34.7 Å². The fourth-order valence-electron chi connectivity index (χ4n) is 0.405. The number of carbonyl (C=O) groups excluding carboxylic acids is 1. The third-order valence-electron chi connectivity index (χ3n) is 0.796. The van der Waals surface area contributed by atoms with E-state index >= 15 is 0 Å². The Morgan fingerprint density at radius 2 is 1.90 bits per heavy atom. The van der Waals surface area contributed by atoms with Crippen molar-refractivity contribution in [1.29, 1.82) is 0 Å². The predicted molar refractivity (Wildman–Crippen MR) is 26.4 cm³/mol. The summed E-state index contributed by atoms with van der Waals surface area (Å²) in [4.78, 5) is 17.0. The van der Waals surface area contributed by atoms with Crippen LogP contribution in [0.4, 0.5) is 0 Å². The van der Waals surface area contributed by atoms with Crippen LogP contribution in [0, 0.1) is 0 Å². The Balaban J connectivity index is 0.000000810. The van der Waals surface area contributed by atoms with Gasteiger partial charge in [-0.15, -0.1) is 0 Å². The molecule has 1 aromatic heterocycles. The van der Waals surface area contributed by atoms with Crippen molar-refractivity contribution < 1.29 is 39.5 Å². The van der Waals surface area contributed by atoms with Gasteiger partial charge in [0.25, 0.3) is 0 Å². The Hall–Kier alpha value is -0.450. The molecule has 10 heavy (non-hydrogen) atoms. The topological polar surface area (TPSA) is 65.9 Å². The maximum atomic E-state index is 10.0. The van der Waals surface area contributed by atoms with Crippen molar-refractivity contribution in [3.8, 4) is 0 Å². The molecular weight excluding hydrogens is 143 g/mol. The molecule has 0 saturated heterocycles. The molecule has 0 radical (unpaired) electrons. The van der Waals surface area contributed by atoms with E-state index in [4.69, 9.17) is 0 Å². The Morgan fingerprint density at radius 1 is 1.40 bits per heavy atom. The summed E-state index contributed by atoms with van der Waals surface area (Å²) in [5.41, 5.74) is -0.00231. The standard InChI is InChI=1S/C5H4N2O2.Na/c8-5(9)4-1-6-3-7-2-4;/h1-3H,(H,8,9);/q;+1/p-1. The first-order valence-electron chi connectivity index (χ1n) is 2.27. The maximum Gasteiger partial charge on any atom is 1.00 e. The third-order valence-corrected chi connectivity index (χ3v) is 0.796. The van der Waals surface area contributed by atoms with Gasteiger partial charge >= 0.3 is 29.6 Å². The molecule has 0 aliphatic carbocycles. The van der Waals surface area contributed by atoms with Crippen LogP contribution >= 0.6 is 0 Å². The number of carboxylic acid groups (broad SMARTS) is 1. The summed E-state index contributed by atoms with van der Waals surface area (Å²) in [7, 11) is 0. The molecule has 0 unspecified atom stereocenters. The van der Waals surface area contributed by atoms with E-state index in [-0.39, 0.29) is 35.1 Å². The average molecular weight is 146 g/mol. The predicted octanol–water partition coefficient (Wildman–Crippen LogP) is -4.16. The van der Waals surface area contributed by atoms with E-state index < -0.39 is 5.97 Å². The van der Waals surface area contributed by atoms with E-state index in [0.717, 1.165) is 0 Å². The minimum absolute atomic E-state index is 0. The van der Waals surface area contributed by atoms with Crippen molar-refractivity contribution in [2.75, 3.05) is 0 Å². The average Bonchev–Trinajstić information content (AvgIpc) is 1.90. The zero-order chi connectivity index (χ0) is 6.69. The van der Waals surface area contributed by atoms with E-state index in [9.17, 15) is 9.90 Å². The van der Waals surface area contributed by atoms with Crippen LogP contribution in [0.25, 0.3) is 0 Å². The zero-order valence-electron chi connectivity index (χ0n) is 5.44. The van der Waals surface area contributed by atoms with Gasteiger partial charge in [-0.05, 0) is 0 Å². The van der Waals surface area contributed by atoms with Crippen molar-refractivity contribution in [3.05, 3.63) is 24.3 Å². The monoisotopic (exact) mass is 146 g/mol. The van der Waals surface area contributed by atoms with Gasteiger partial charge in [-0.1, -0.05) is 0 Å². The van der Waals surface area contributed by atoms with Gasteiger partial charge in [0.2, 0.25) is 0 Å². The molecule has 5 heteroatoms. The van der Waals surface area contributed by atoms with E-state index in [2.05, 4.69) is 9.97 Å². The van der Waals surface area contributed by atoms with E-state index in [1.807, 2.05) is 0 Å². The SMILES string of the molecule is O=C([O-])c1cncnc1.[Na+]. The number of rotatable bonds is 1. The Kier molecular flexibility index (Phi) is 4.18. The van der Waals surface area contributed by atoms with Crippen LogP contribution in [0.3, 0.4) is 0 Å². The Labute approximate surface area is 79.6 Å². The first kappa shape index (κ1) is 9.55. The molecule has 0 aliphatic heterocycles. The van der Waals surface area contributed by atoms with Crippen LogP contribution in [0.1, 0.15) is 10.4 Å². The second kappa shape index (κ2) is 4.38. The smallest absolute Gasteiger partial charge is 0.545 e. The Bertz CT molecular complexity index is 214. The summed E-state index contributed by atoms with van der Waals surface area (Å²) >= 11 is 0. The van der Waals surface area contributed by atoms with Crippen LogP contribution in [0.2, 0.25) is 0 Å². The Morgan fingerprint density at radius 3 is 2.20 bits per heavy atom. The van der Waals surface area contributed by atoms with Crippen LogP contribution in [0.5, 0.6) is 0 Å². The molecule has 0 saturated carbocycles. The van der Waals surface area contributed by atoms with Crippen molar-refractivity contribution in [3.63, 3.8) is 0 Å². The largest absolute Gasteiger partial charge is 1.00 e. The number of carboxylic acids is 1. The van der Waals surface area contributed by atoms with Crippen LogP contribution in [-0.2, 0) is 0 Å². The normalized spacial score (nSPS) is 8.00. The summed E-state index contributed by atoms with van der Waals surface area (Å²) < 4.78 is 0. The summed E-state index contributed by atoms with van der Waals surface area (Å²) in [6.45, 7) is 0. The second-order valence-corrected chi connectivity index (χ2v) is 1.41. The molecule has 1 rings (SSSR count). The fraction of sp³-hybridized carbons (Fsp3) is 0. The number of hydrogen-bond acceptors (Lipinski definition) is 4. The van der Waals surface area contributed by atoms with E-state index in [1.54, 1.807) is 0 Å². The first-order chi connectivity index (χ1) is 4.30. The van der Waals surface area contributed by atoms with Gasteiger partial charge in [0.05, 0.1) is 5.97 Å². The van der Waals surface area contributed by atoms with Gasteiger partial charge in [-0.3, -0.25) is 0 Å². The molecule has 0 spiro atoms. The van der Waals surface area contributed by atoms with Crippen molar-refractivity contribution >= 4 is 5.97 Å². The van der Waals surface area contributed by atoms with Crippen molar-refractivity contribution in [2.45, 2.75) is 0 Å². The summed E-state index contributed by atoms with van der Waals surface area (Å²) in [5.74, 6) is -1.25. The molecule has 4 nitrogen and oxygen atoms in total. The van der Waals surface area contributed by atoms with Gasteiger partial charge in [0.15, 0.2) is 0 Å². The first-order valence-corrected chi connectivity index (χ1v) is 2.27. The molecule has 0 fully saturated rings. The number of nitrogens with zero attached hydrogens (tertiary/aromatic N) is 2. The minimum Gasteiger partial charge on any atom is -0.545 e. The maximum absolute atomic E-state index is 10.0. The molecule has 0 amide bonds. The fourth-order valence-corrected chi connectivity index (χ4v) is 0.405. The van der Waals surface area contributed by atoms with Crippen molar-refractivity contribution in [2.24, 2.45) is 0 Å². The molecule has 46 valence electrons. The minimum atomic E-state index is -1.25. The summed E-state index contributed by atoms with van der Waals surface area (Å²) in [6.07, 6.45) is 3.62. The molecular formula is C5H3N2NaO2. The van der Waals surface area contributed by atoms with Gasteiger partial charge in [-0.25, -0.2) is 9.97 Å². The molecule has 0 aromatic carbocycles.